The number of rotatable bonds is 5. The number of ether oxygens (including phenoxy) is 1. The van der Waals surface area contributed by atoms with Crippen molar-refractivity contribution in [2.45, 2.75) is 57.9 Å². The number of imidazole rings is 1. The average molecular weight is 494 g/mol. The second-order valence-corrected chi connectivity index (χ2v) is 9.60. The molecule has 0 spiro atoms. The number of piperidine rings is 1. The normalized spacial score (nSPS) is 24.4. The molecule has 1 saturated carbocycles. The summed E-state index contributed by atoms with van der Waals surface area (Å²) in [7, 11) is 0. The van der Waals surface area contributed by atoms with Crippen molar-refractivity contribution < 1.29 is 22.3 Å². The summed E-state index contributed by atoms with van der Waals surface area (Å²) in [6.07, 6.45) is -1.14. The van der Waals surface area contributed by atoms with Crippen molar-refractivity contribution >= 4 is 5.95 Å². The fraction of sp³-hybridized carbons (Fsp3) is 0.522. The van der Waals surface area contributed by atoms with Crippen LogP contribution in [0.4, 0.5) is 23.5 Å². The van der Waals surface area contributed by atoms with Gasteiger partial charge >= 0.3 is 12.2 Å². The molecule has 2 fully saturated rings. The van der Waals surface area contributed by atoms with Gasteiger partial charge in [0.1, 0.15) is 17.4 Å². The van der Waals surface area contributed by atoms with Crippen LogP contribution >= 0.6 is 0 Å². The number of aromatic nitrogens is 5. The molecular weight excluding hydrogens is 466 g/mol. The number of aromatic amines is 1. The summed E-state index contributed by atoms with van der Waals surface area (Å²) in [4.78, 5) is 14.5. The Bertz CT molecular complexity index is 1220. The predicted molar refractivity (Wildman–Crippen MR) is 119 cm³/mol. The van der Waals surface area contributed by atoms with E-state index in [9.17, 15) is 17.6 Å². The van der Waals surface area contributed by atoms with Gasteiger partial charge in [0.2, 0.25) is 5.95 Å². The van der Waals surface area contributed by atoms with Crippen molar-refractivity contribution in [2.75, 3.05) is 11.4 Å². The van der Waals surface area contributed by atoms with Crippen molar-refractivity contribution in [2.24, 2.45) is 17.6 Å². The summed E-state index contributed by atoms with van der Waals surface area (Å²) < 4.78 is 60.5. The van der Waals surface area contributed by atoms with Crippen LogP contribution in [0, 0.1) is 24.6 Å². The van der Waals surface area contributed by atoms with Crippen LogP contribution in [-0.4, -0.2) is 37.3 Å². The molecule has 2 bridgehead atoms. The molecule has 3 aromatic rings. The van der Waals surface area contributed by atoms with Gasteiger partial charge in [-0.25, -0.2) is 14.1 Å². The molecule has 0 amide bonds. The van der Waals surface area contributed by atoms with Crippen LogP contribution in [-0.2, 0) is 6.18 Å². The molecule has 1 aromatic carbocycles. The SMILES string of the molecule is Cc1cnc(C2C3CCC(CN2c2nc(Oc4ccc(F)c(C(F)(F)F)c4)n(C(C)C)n2)C3N)[nH]1. The van der Waals surface area contributed by atoms with E-state index in [-0.39, 0.29) is 41.7 Å². The lowest BCUT2D eigenvalue weighted by Crippen LogP contribution is -2.51. The molecule has 1 aliphatic carbocycles. The van der Waals surface area contributed by atoms with Crippen LogP contribution in [0.2, 0.25) is 0 Å². The molecule has 2 aliphatic rings. The van der Waals surface area contributed by atoms with Crippen LogP contribution in [0.25, 0.3) is 0 Å². The summed E-state index contributed by atoms with van der Waals surface area (Å²) in [5.74, 6) is 0.0380. The Kier molecular flexibility index (Phi) is 5.73. The molecule has 1 saturated heterocycles. The number of aryl methyl sites for hydroxylation is 1. The Morgan fingerprint density at radius 2 is 2.00 bits per heavy atom. The van der Waals surface area contributed by atoms with Crippen LogP contribution < -0.4 is 15.4 Å². The fourth-order valence-electron chi connectivity index (χ4n) is 5.18. The Morgan fingerprint density at radius 3 is 2.66 bits per heavy atom. The highest BCUT2D eigenvalue weighted by atomic mass is 19.4. The molecule has 188 valence electrons. The van der Waals surface area contributed by atoms with E-state index in [1.807, 2.05) is 20.8 Å². The third kappa shape index (κ3) is 4.24. The number of hydrogen-bond donors (Lipinski definition) is 2. The van der Waals surface area contributed by atoms with Gasteiger partial charge in [0.25, 0.3) is 0 Å². The minimum atomic E-state index is -4.85. The van der Waals surface area contributed by atoms with Crippen LogP contribution in [0.1, 0.15) is 55.9 Å². The zero-order valence-corrected chi connectivity index (χ0v) is 19.6. The first-order valence-electron chi connectivity index (χ1n) is 11.6. The lowest BCUT2D eigenvalue weighted by atomic mass is 9.86. The lowest BCUT2D eigenvalue weighted by Gasteiger charge is -2.42. The van der Waals surface area contributed by atoms with Gasteiger partial charge in [-0.1, -0.05) is 0 Å². The van der Waals surface area contributed by atoms with Crippen molar-refractivity contribution in [1.29, 1.82) is 0 Å². The topological polar surface area (TPSA) is 97.9 Å². The molecule has 3 heterocycles. The van der Waals surface area contributed by atoms with Crippen LogP contribution in [0.15, 0.2) is 24.4 Å². The highest BCUT2D eigenvalue weighted by Gasteiger charge is 2.49. The van der Waals surface area contributed by atoms with E-state index >= 15 is 0 Å². The van der Waals surface area contributed by atoms with Gasteiger partial charge in [0.05, 0.1) is 17.6 Å². The zero-order chi connectivity index (χ0) is 25.1. The standard InChI is InChI=1S/C23H27F4N7O/c1-11(2)34-22(35-14-5-7-17(24)16(8-14)23(25,26)27)31-21(32-34)33-10-13-4-6-15(18(13)28)19(33)20-29-9-12(3)30-20/h5,7-9,11,13,15,18-19H,4,6,10,28H2,1-3H3,(H,29,30). The number of H-pyrrole nitrogens is 1. The van der Waals surface area contributed by atoms with Gasteiger partial charge in [-0.3, -0.25) is 0 Å². The van der Waals surface area contributed by atoms with Gasteiger partial charge in [-0.15, -0.1) is 5.10 Å². The van der Waals surface area contributed by atoms with Crippen molar-refractivity contribution in [3.63, 3.8) is 0 Å². The van der Waals surface area contributed by atoms with E-state index in [0.717, 1.165) is 36.5 Å². The quantitative estimate of drug-likeness (QED) is 0.498. The molecule has 35 heavy (non-hydrogen) atoms. The molecule has 5 rings (SSSR count). The number of halogens is 4. The maximum Gasteiger partial charge on any atom is 0.419 e. The first kappa shape index (κ1) is 23.6. The maximum absolute atomic E-state index is 13.7. The first-order chi connectivity index (χ1) is 16.5. The van der Waals surface area contributed by atoms with E-state index in [1.54, 1.807) is 6.20 Å². The highest BCUT2D eigenvalue weighted by Crippen LogP contribution is 2.47. The van der Waals surface area contributed by atoms with E-state index < -0.39 is 17.6 Å². The maximum atomic E-state index is 13.7. The largest absolute Gasteiger partial charge is 0.424 e. The average Bonchev–Trinajstić information content (AvgIpc) is 3.45. The van der Waals surface area contributed by atoms with Crippen molar-refractivity contribution in [1.82, 2.24) is 24.7 Å². The summed E-state index contributed by atoms with van der Waals surface area (Å²) in [6.45, 7) is 6.27. The minimum absolute atomic E-state index is 0.0197. The van der Waals surface area contributed by atoms with Crippen molar-refractivity contribution in [3.05, 3.63) is 47.3 Å². The Hall–Kier alpha value is -3.15. The molecule has 4 unspecified atom stereocenters. The lowest BCUT2D eigenvalue weighted by molar-refractivity contribution is -0.140. The number of nitrogens with zero attached hydrogens (tertiary/aromatic N) is 5. The van der Waals surface area contributed by atoms with Gasteiger partial charge in [0.15, 0.2) is 0 Å². The van der Waals surface area contributed by atoms with Crippen LogP contribution in [0.3, 0.4) is 0 Å². The smallest absolute Gasteiger partial charge is 0.419 e. The third-order valence-corrected chi connectivity index (χ3v) is 6.87. The zero-order valence-electron chi connectivity index (χ0n) is 19.6. The monoisotopic (exact) mass is 493 g/mol. The molecule has 4 atom stereocenters. The number of hydrogen-bond acceptors (Lipinski definition) is 6. The van der Waals surface area contributed by atoms with Crippen LogP contribution in [0.5, 0.6) is 11.8 Å². The number of fused-ring (bicyclic) bond motifs is 2. The summed E-state index contributed by atoms with van der Waals surface area (Å²) in [5.41, 5.74) is 6.07. The molecule has 2 aromatic heterocycles. The summed E-state index contributed by atoms with van der Waals surface area (Å²) in [5, 5.41) is 4.65. The van der Waals surface area contributed by atoms with E-state index in [4.69, 9.17) is 10.5 Å². The number of benzene rings is 1. The van der Waals surface area contributed by atoms with E-state index in [1.165, 1.54) is 4.68 Å². The molecular formula is C23H27F4N7O. The summed E-state index contributed by atoms with van der Waals surface area (Å²) in [6, 6.07) is 2.18. The van der Waals surface area contributed by atoms with E-state index in [2.05, 4.69) is 25.0 Å². The number of alkyl halides is 3. The second-order valence-electron chi connectivity index (χ2n) is 9.60. The number of nitrogens with one attached hydrogen (secondary N) is 1. The Labute approximate surface area is 199 Å². The fourth-order valence-corrected chi connectivity index (χ4v) is 5.18. The summed E-state index contributed by atoms with van der Waals surface area (Å²) >= 11 is 0. The van der Waals surface area contributed by atoms with Gasteiger partial charge in [0, 0.05) is 30.4 Å². The molecule has 12 heteroatoms. The van der Waals surface area contributed by atoms with E-state index in [0.29, 0.717) is 18.6 Å². The number of nitrogens with two attached hydrogens (primary N) is 1. The molecule has 0 radical (unpaired) electrons. The van der Waals surface area contributed by atoms with Gasteiger partial charge in [-0.2, -0.15) is 18.2 Å². The van der Waals surface area contributed by atoms with Crippen molar-refractivity contribution in [3.8, 4) is 11.8 Å². The molecule has 3 N–H and O–H groups in total. The van der Waals surface area contributed by atoms with Gasteiger partial charge in [-0.05, 0) is 57.7 Å². The minimum Gasteiger partial charge on any atom is -0.424 e. The molecule has 8 nitrogen and oxygen atoms in total. The number of anilines is 1. The molecule has 1 aliphatic heterocycles. The Balaban J connectivity index is 1.52. The first-order valence-corrected chi connectivity index (χ1v) is 11.6. The van der Waals surface area contributed by atoms with Gasteiger partial charge < -0.3 is 20.4 Å². The second kappa shape index (κ2) is 8.51. The highest BCUT2D eigenvalue weighted by molar-refractivity contribution is 5.40. The Morgan fingerprint density at radius 1 is 1.23 bits per heavy atom. The predicted octanol–water partition coefficient (Wildman–Crippen LogP) is 4.76. The third-order valence-electron chi connectivity index (χ3n) is 6.87.